The summed E-state index contributed by atoms with van der Waals surface area (Å²) in [5, 5.41) is 10.6. The summed E-state index contributed by atoms with van der Waals surface area (Å²) in [6.45, 7) is 16.6. The van der Waals surface area contributed by atoms with E-state index in [9.17, 15) is 5.11 Å². The topological polar surface area (TPSA) is 29.5 Å². The molecule has 0 amide bonds. The molecule has 1 N–H and O–H groups in total. The molecule has 0 aromatic heterocycles. The summed E-state index contributed by atoms with van der Waals surface area (Å²) >= 11 is 0. The van der Waals surface area contributed by atoms with Gasteiger partial charge in [0.2, 0.25) is 0 Å². The zero-order valence-corrected chi connectivity index (χ0v) is 12.2. The Morgan fingerprint density at radius 1 is 0.750 bits per heavy atom. The second-order valence-corrected chi connectivity index (χ2v) is 6.13. The van der Waals surface area contributed by atoms with Gasteiger partial charge in [-0.25, -0.2) is 0 Å². The summed E-state index contributed by atoms with van der Waals surface area (Å²) in [6.07, 6.45) is 0.106. The van der Waals surface area contributed by atoms with Gasteiger partial charge in [-0.2, -0.15) is 0 Å². The molecule has 0 unspecified atom stereocenters. The summed E-state index contributed by atoms with van der Waals surface area (Å²) in [5.41, 5.74) is 0. The largest absolute Gasteiger partial charge is 0.365 e. The van der Waals surface area contributed by atoms with Crippen molar-refractivity contribution in [2.45, 2.75) is 67.3 Å². The van der Waals surface area contributed by atoms with Crippen molar-refractivity contribution < 1.29 is 9.84 Å². The third kappa shape index (κ3) is 3.74. The lowest BCUT2D eigenvalue weighted by molar-refractivity contribution is -0.291. The Kier molecular flexibility index (Phi) is 5.99. The molecule has 16 heavy (non-hydrogen) atoms. The van der Waals surface area contributed by atoms with Crippen molar-refractivity contribution in [2.24, 2.45) is 23.7 Å². The molecular formula is C14H30O2. The van der Waals surface area contributed by atoms with Crippen LogP contribution in [0, 0.1) is 23.7 Å². The fraction of sp³-hybridized carbons (Fsp3) is 1.00. The molecule has 2 nitrogen and oxygen atoms in total. The van der Waals surface area contributed by atoms with Gasteiger partial charge in [0.05, 0.1) is 6.10 Å². The third-order valence-electron chi connectivity index (χ3n) is 3.29. The highest BCUT2D eigenvalue weighted by atomic mass is 16.6. The van der Waals surface area contributed by atoms with Crippen molar-refractivity contribution in [1.29, 1.82) is 0 Å². The minimum Gasteiger partial charge on any atom is -0.365 e. The first kappa shape index (κ1) is 15.9. The minimum absolute atomic E-state index is 0.104. The molecule has 0 atom stereocenters. The molecule has 0 aromatic rings. The van der Waals surface area contributed by atoms with Crippen LogP contribution in [0.15, 0.2) is 0 Å². The zero-order valence-electron chi connectivity index (χ0n) is 12.2. The van der Waals surface area contributed by atoms with E-state index in [1.807, 2.05) is 27.7 Å². The van der Waals surface area contributed by atoms with Crippen molar-refractivity contribution in [3.05, 3.63) is 0 Å². The standard InChI is InChI=1S/C14H30O2/c1-9(2)13(10(3)4)16-14(15,11(5)6)12(7)8/h9-13,15H,1-8H3. The monoisotopic (exact) mass is 230 g/mol. The van der Waals surface area contributed by atoms with Gasteiger partial charge in [-0.3, -0.25) is 0 Å². The van der Waals surface area contributed by atoms with E-state index in [0.717, 1.165) is 0 Å². The van der Waals surface area contributed by atoms with Gasteiger partial charge in [-0.1, -0.05) is 55.4 Å². The quantitative estimate of drug-likeness (QED) is 0.705. The third-order valence-corrected chi connectivity index (χ3v) is 3.29. The Hall–Kier alpha value is -0.0800. The average Bonchev–Trinajstić information content (AvgIpc) is 2.11. The molecule has 0 aliphatic rings. The molecule has 0 spiro atoms. The first-order valence-corrected chi connectivity index (χ1v) is 6.53. The van der Waals surface area contributed by atoms with E-state index in [0.29, 0.717) is 11.8 Å². The molecule has 0 aliphatic heterocycles. The van der Waals surface area contributed by atoms with Crippen molar-refractivity contribution in [3.8, 4) is 0 Å². The van der Waals surface area contributed by atoms with E-state index in [1.165, 1.54) is 0 Å². The Labute approximate surface area is 101 Å². The van der Waals surface area contributed by atoms with Crippen LogP contribution in [-0.4, -0.2) is 17.0 Å². The molecule has 0 aliphatic carbocycles. The molecule has 2 heteroatoms. The van der Waals surface area contributed by atoms with Crippen LogP contribution in [-0.2, 0) is 4.74 Å². The molecule has 0 fully saturated rings. The van der Waals surface area contributed by atoms with E-state index in [4.69, 9.17) is 4.74 Å². The highest BCUT2D eigenvalue weighted by molar-refractivity contribution is 4.79. The van der Waals surface area contributed by atoms with Crippen LogP contribution in [0.2, 0.25) is 0 Å². The molecule has 98 valence electrons. The van der Waals surface area contributed by atoms with Crippen LogP contribution in [0.5, 0.6) is 0 Å². The van der Waals surface area contributed by atoms with Gasteiger partial charge in [0, 0.05) is 11.8 Å². The van der Waals surface area contributed by atoms with E-state index < -0.39 is 5.79 Å². The summed E-state index contributed by atoms with van der Waals surface area (Å²) in [7, 11) is 0. The molecular weight excluding hydrogens is 200 g/mol. The second kappa shape index (κ2) is 6.02. The van der Waals surface area contributed by atoms with Crippen molar-refractivity contribution in [2.75, 3.05) is 0 Å². The van der Waals surface area contributed by atoms with E-state index >= 15 is 0 Å². The Balaban J connectivity index is 4.86. The van der Waals surface area contributed by atoms with Crippen molar-refractivity contribution in [1.82, 2.24) is 0 Å². The number of aliphatic hydroxyl groups is 1. The van der Waals surface area contributed by atoms with Gasteiger partial charge in [-0.15, -0.1) is 0 Å². The van der Waals surface area contributed by atoms with Gasteiger partial charge >= 0.3 is 0 Å². The highest BCUT2D eigenvalue weighted by Crippen LogP contribution is 2.32. The van der Waals surface area contributed by atoms with Crippen LogP contribution < -0.4 is 0 Å². The fourth-order valence-electron chi connectivity index (χ4n) is 2.20. The first-order valence-electron chi connectivity index (χ1n) is 6.53. The predicted molar refractivity (Wildman–Crippen MR) is 69.2 cm³/mol. The molecule has 0 rings (SSSR count). The maximum Gasteiger partial charge on any atom is 0.170 e. The van der Waals surface area contributed by atoms with Crippen molar-refractivity contribution >= 4 is 0 Å². The van der Waals surface area contributed by atoms with E-state index in [2.05, 4.69) is 27.7 Å². The smallest absolute Gasteiger partial charge is 0.170 e. The van der Waals surface area contributed by atoms with Gasteiger partial charge < -0.3 is 9.84 Å². The molecule has 0 radical (unpaired) electrons. The van der Waals surface area contributed by atoms with E-state index in [-0.39, 0.29) is 17.9 Å². The second-order valence-electron chi connectivity index (χ2n) is 6.13. The fourth-order valence-corrected chi connectivity index (χ4v) is 2.20. The maximum atomic E-state index is 10.6. The van der Waals surface area contributed by atoms with Crippen LogP contribution in [0.3, 0.4) is 0 Å². The van der Waals surface area contributed by atoms with Crippen LogP contribution in [0.25, 0.3) is 0 Å². The van der Waals surface area contributed by atoms with Gasteiger partial charge in [-0.05, 0) is 11.8 Å². The Morgan fingerprint density at radius 2 is 1.06 bits per heavy atom. The molecule has 0 saturated heterocycles. The summed E-state index contributed by atoms with van der Waals surface area (Å²) < 4.78 is 6.04. The SMILES string of the molecule is CC(C)C(OC(O)(C(C)C)C(C)C)C(C)C. The molecule has 0 bridgehead atoms. The van der Waals surface area contributed by atoms with Gasteiger partial charge in [0.25, 0.3) is 0 Å². The number of ether oxygens (including phenoxy) is 1. The van der Waals surface area contributed by atoms with Crippen molar-refractivity contribution in [3.63, 3.8) is 0 Å². The summed E-state index contributed by atoms with van der Waals surface area (Å²) in [5.74, 6) is 0.0344. The van der Waals surface area contributed by atoms with Crippen LogP contribution in [0.4, 0.5) is 0 Å². The number of hydrogen-bond acceptors (Lipinski definition) is 2. The molecule has 0 aromatic carbocycles. The number of hydrogen-bond donors (Lipinski definition) is 1. The molecule has 0 heterocycles. The van der Waals surface area contributed by atoms with Gasteiger partial charge in [0.1, 0.15) is 0 Å². The zero-order chi connectivity index (χ0) is 13.1. The lowest BCUT2D eigenvalue weighted by Crippen LogP contribution is -2.48. The number of rotatable bonds is 6. The maximum absolute atomic E-state index is 10.6. The van der Waals surface area contributed by atoms with Crippen LogP contribution >= 0.6 is 0 Å². The van der Waals surface area contributed by atoms with Crippen LogP contribution in [0.1, 0.15) is 55.4 Å². The summed E-state index contributed by atoms with van der Waals surface area (Å²) in [6, 6.07) is 0. The average molecular weight is 230 g/mol. The minimum atomic E-state index is -1.01. The lowest BCUT2D eigenvalue weighted by atomic mass is 9.89. The highest BCUT2D eigenvalue weighted by Gasteiger charge is 2.39. The predicted octanol–water partition coefficient (Wildman–Crippen LogP) is 3.68. The first-order chi connectivity index (χ1) is 7.12. The Morgan fingerprint density at radius 3 is 1.25 bits per heavy atom. The Bertz CT molecular complexity index is 179. The van der Waals surface area contributed by atoms with Gasteiger partial charge in [0.15, 0.2) is 5.79 Å². The summed E-state index contributed by atoms with van der Waals surface area (Å²) in [4.78, 5) is 0. The van der Waals surface area contributed by atoms with E-state index in [1.54, 1.807) is 0 Å². The normalized spacial score (nSPS) is 13.9. The lowest BCUT2D eigenvalue weighted by Gasteiger charge is -2.41. The molecule has 0 saturated carbocycles.